The lowest BCUT2D eigenvalue weighted by atomic mass is 9.88. The molecule has 1 aliphatic carbocycles. The molecule has 154 valence electrons. The Morgan fingerprint density at radius 2 is 1.83 bits per heavy atom. The molecule has 0 unspecified atom stereocenters. The molecule has 3 amide bonds. The first-order chi connectivity index (χ1) is 13.9. The number of nitrogens with one attached hydrogen (secondary N) is 3. The molecule has 1 aromatic heterocycles. The molecular formula is C20H21BrFN3O4. The SMILES string of the molecule is O=C(CNC(=O)c1ccc(Br)o1)Nc1ccc(F)c(NC(=O)C2CCCCC2)c1. The molecule has 1 aromatic carbocycles. The number of hydrogen-bond acceptors (Lipinski definition) is 4. The first-order valence-corrected chi connectivity index (χ1v) is 10.2. The van der Waals surface area contributed by atoms with E-state index in [-0.39, 0.29) is 29.8 Å². The lowest BCUT2D eigenvalue weighted by Crippen LogP contribution is -2.32. The molecule has 2 aromatic rings. The van der Waals surface area contributed by atoms with Crippen LogP contribution in [0.3, 0.4) is 0 Å². The van der Waals surface area contributed by atoms with Crippen molar-refractivity contribution in [1.82, 2.24) is 5.32 Å². The van der Waals surface area contributed by atoms with Gasteiger partial charge in [0.25, 0.3) is 5.91 Å². The van der Waals surface area contributed by atoms with E-state index >= 15 is 0 Å². The Morgan fingerprint density at radius 3 is 2.52 bits per heavy atom. The van der Waals surface area contributed by atoms with Crippen LogP contribution in [-0.4, -0.2) is 24.3 Å². The molecule has 29 heavy (non-hydrogen) atoms. The number of carbonyl (C=O) groups excluding carboxylic acids is 3. The average molecular weight is 466 g/mol. The summed E-state index contributed by atoms with van der Waals surface area (Å²) in [5.41, 5.74) is 0.327. The number of benzene rings is 1. The highest BCUT2D eigenvalue weighted by atomic mass is 79.9. The van der Waals surface area contributed by atoms with Crippen LogP contribution in [0.25, 0.3) is 0 Å². The van der Waals surface area contributed by atoms with E-state index < -0.39 is 17.6 Å². The molecule has 0 aliphatic heterocycles. The van der Waals surface area contributed by atoms with Crippen molar-refractivity contribution in [2.75, 3.05) is 17.2 Å². The standard InChI is InChI=1S/C20H21BrFN3O4/c21-17-9-8-16(29-17)20(28)23-11-18(26)24-13-6-7-14(22)15(10-13)25-19(27)12-4-2-1-3-5-12/h6-10,12H,1-5,11H2,(H,23,28)(H,24,26)(H,25,27). The number of furan rings is 1. The quantitative estimate of drug-likeness (QED) is 0.598. The molecular weight excluding hydrogens is 445 g/mol. The summed E-state index contributed by atoms with van der Waals surface area (Å²) in [5, 5.41) is 7.60. The minimum absolute atomic E-state index is 0.0165. The number of anilines is 2. The number of carbonyl (C=O) groups is 3. The highest BCUT2D eigenvalue weighted by Crippen LogP contribution is 2.26. The van der Waals surface area contributed by atoms with Gasteiger partial charge in [-0.05, 0) is 59.1 Å². The van der Waals surface area contributed by atoms with Crippen molar-refractivity contribution in [1.29, 1.82) is 0 Å². The molecule has 1 heterocycles. The predicted octanol–water partition coefficient (Wildman–Crippen LogP) is 4.07. The Kier molecular flexibility index (Phi) is 7.03. The van der Waals surface area contributed by atoms with Crippen LogP contribution >= 0.6 is 15.9 Å². The Morgan fingerprint density at radius 1 is 1.07 bits per heavy atom. The predicted molar refractivity (Wildman–Crippen MR) is 109 cm³/mol. The summed E-state index contributed by atoms with van der Waals surface area (Å²) >= 11 is 3.09. The first kappa shape index (κ1) is 21.0. The highest BCUT2D eigenvalue weighted by molar-refractivity contribution is 9.10. The van der Waals surface area contributed by atoms with E-state index in [1.165, 1.54) is 24.3 Å². The maximum atomic E-state index is 14.1. The van der Waals surface area contributed by atoms with Gasteiger partial charge in [0.05, 0.1) is 12.2 Å². The molecule has 0 bridgehead atoms. The van der Waals surface area contributed by atoms with Gasteiger partial charge in [-0.2, -0.15) is 0 Å². The second-order valence-electron chi connectivity index (χ2n) is 6.85. The number of amides is 3. The van der Waals surface area contributed by atoms with Crippen molar-refractivity contribution in [2.45, 2.75) is 32.1 Å². The van der Waals surface area contributed by atoms with Crippen molar-refractivity contribution in [3.05, 3.63) is 46.6 Å². The van der Waals surface area contributed by atoms with Gasteiger partial charge in [-0.3, -0.25) is 14.4 Å². The third-order valence-corrected chi connectivity index (χ3v) is 5.12. The van der Waals surface area contributed by atoms with E-state index in [4.69, 9.17) is 4.42 Å². The minimum atomic E-state index is -0.580. The fraction of sp³-hybridized carbons (Fsp3) is 0.350. The summed E-state index contributed by atoms with van der Waals surface area (Å²) < 4.78 is 19.6. The average Bonchev–Trinajstić information content (AvgIpc) is 3.16. The van der Waals surface area contributed by atoms with Gasteiger partial charge >= 0.3 is 0 Å². The van der Waals surface area contributed by atoms with Crippen LogP contribution in [0.15, 0.2) is 39.4 Å². The zero-order valence-corrected chi connectivity index (χ0v) is 17.2. The molecule has 3 rings (SSSR count). The summed E-state index contributed by atoms with van der Waals surface area (Å²) in [5.74, 6) is -1.87. The fourth-order valence-electron chi connectivity index (χ4n) is 3.19. The van der Waals surface area contributed by atoms with E-state index in [1.54, 1.807) is 6.07 Å². The van der Waals surface area contributed by atoms with Crippen molar-refractivity contribution >= 4 is 45.0 Å². The molecule has 9 heteroatoms. The smallest absolute Gasteiger partial charge is 0.287 e. The number of hydrogen-bond donors (Lipinski definition) is 3. The summed E-state index contributed by atoms with van der Waals surface area (Å²) in [4.78, 5) is 36.3. The summed E-state index contributed by atoms with van der Waals surface area (Å²) in [6, 6.07) is 6.95. The summed E-state index contributed by atoms with van der Waals surface area (Å²) in [6.45, 7) is -0.293. The number of halogens is 2. The van der Waals surface area contributed by atoms with Crippen molar-refractivity contribution in [2.24, 2.45) is 5.92 Å². The highest BCUT2D eigenvalue weighted by Gasteiger charge is 2.22. The van der Waals surface area contributed by atoms with Crippen LogP contribution in [0.1, 0.15) is 42.7 Å². The number of rotatable bonds is 6. The Balaban J connectivity index is 1.55. The van der Waals surface area contributed by atoms with Gasteiger partial charge in [0, 0.05) is 11.6 Å². The molecule has 7 nitrogen and oxygen atoms in total. The third-order valence-electron chi connectivity index (χ3n) is 4.69. The maximum absolute atomic E-state index is 14.1. The van der Waals surface area contributed by atoms with E-state index in [2.05, 4.69) is 31.9 Å². The second kappa shape index (κ2) is 9.69. The topological polar surface area (TPSA) is 100 Å². The monoisotopic (exact) mass is 465 g/mol. The maximum Gasteiger partial charge on any atom is 0.287 e. The third kappa shape index (κ3) is 5.90. The Labute approximate surface area is 175 Å². The van der Waals surface area contributed by atoms with Gasteiger partial charge < -0.3 is 20.4 Å². The van der Waals surface area contributed by atoms with Crippen LogP contribution in [0.2, 0.25) is 0 Å². The zero-order chi connectivity index (χ0) is 20.8. The lowest BCUT2D eigenvalue weighted by Gasteiger charge is -2.21. The Hall–Kier alpha value is -2.68. The van der Waals surface area contributed by atoms with E-state index in [9.17, 15) is 18.8 Å². The van der Waals surface area contributed by atoms with Gasteiger partial charge in [0.2, 0.25) is 11.8 Å². The normalized spacial score (nSPS) is 14.3. The molecule has 0 saturated heterocycles. The van der Waals surface area contributed by atoms with Gasteiger partial charge in [0.15, 0.2) is 10.4 Å². The van der Waals surface area contributed by atoms with E-state index in [0.717, 1.165) is 32.1 Å². The zero-order valence-electron chi connectivity index (χ0n) is 15.6. The second-order valence-corrected chi connectivity index (χ2v) is 7.63. The van der Waals surface area contributed by atoms with Crippen molar-refractivity contribution in [3.8, 4) is 0 Å². The van der Waals surface area contributed by atoms with Gasteiger partial charge in [-0.25, -0.2) is 4.39 Å². The molecule has 0 atom stereocenters. The Bertz CT molecular complexity index is 909. The van der Waals surface area contributed by atoms with Gasteiger partial charge in [0.1, 0.15) is 5.82 Å². The van der Waals surface area contributed by atoms with Crippen LogP contribution in [0, 0.1) is 11.7 Å². The molecule has 1 fully saturated rings. The first-order valence-electron chi connectivity index (χ1n) is 9.36. The van der Waals surface area contributed by atoms with E-state index in [0.29, 0.717) is 10.4 Å². The van der Waals surface area contributed by atoms with Gasteiger partial charge in [-0.1, -0.05) is 19.3 Å². The molecule has 1 aliphatic rings. The van der Waals surface area contributed by atoms with Crippen LogP contribution in [0.5, 0.6) is 0 Å². The van der Waals surface area contributed by atoms with Crippen molar-refractivity contribution in [3.63, 3.8) is 0 Å². The van der Waals surface area contributed by atoms with Crippen molar-refractivity contribution < 1.29 is 23.2 Å². The van der Waals surface area contributed by atoms with E-state index in [1.807, 2.05) is 0 Å². The molecule has 0 radical (unpaired) electrons. The largest absolute Gasteiger partial charge is 0.444 e. The summed E-state index contributed by atoms with van der Waals surface area (Å²) in [6.07, 6.45) is 4.72. The molecule has 0 spiro atoms. The molecule has 3 N–H and O–H groups in total. The minimum Gasteiger partial charge on any atom is -0.444 e. The fourth-order valence-corrected chi connectivity index (χ4v) is 3.49. The molecule has 1 saturated carbocycles. The van der Waals surface area contributed by atoms with Crippen LogP contribution < -0.4 is 16.0 Å². The van der Waals surface area contributed by atoms with Crippen LogP contribution in [-0.2, 0) is 9.59 Å². The van der Waals surface area contributed by atoms with Gasteiger partial charge in [-0.15, -0.1) is 0 Å². The lowest BCUT2D eigenvalue weighted by molar-refractivity contribution is -0.120. The summed E-state index contributed by atoms with van der Waals surface area (Å²) in [7, 11) is 0. The van der Waals surface area contributed by atoms with Crippen LogP contribution in [0.4, 0.5) is 15.8 Å².